The van der Waals surface area contributed by atoms with Gasteiger partial charge in [0.05, 0.1) is 13.2 Å². The molecule has 0 aliphatic heterocycles. The maximum atomic E-state index is 13.5. The SMILES string of the molecule is COc1ccc(CNCC(O)C(C)C)c(F)c1. The van der Waals surface area contributed by atoms with Gasteiger partial charge in [-0.15, -0.1) is 0 Å². The van der Waals surface area contributed by atoms with Gasteiger partial charge in [-0.25, -0.2) is 4.39 Å². The monoisotopic (exact) mass is 241 g/mol. The van der Waals surface area contributed by atoms with Crippen LogP contribution in [0.1, 0.15) is 19.4 Å². The first-order valence-electron chi connectivity index (χ1n) is 5.75. The Morgan fingerprint density at radius 2 is 2.12 bits per heavy atom. The molecule has 0 heterocycles. The van der Waals surface area contributed by atoms with E-state index in [0.29, 0.717) is 24.4 Å². The van der Waals surface area contributed by atoms with Crippen molar-refractivity contribution in [3.8, 4) is 5.75 Å². The number of methoxy groups -OCH3 is 1. The summed E-state index contributed by atoms with van der Waals surface area (Å²) in [4.78, 5) is 0. The van der Waals surface area contributed by atoms with E-state index in [1.54, 1.807) is 12.1 Å². The molecule has 0 aliphatic carbocycles. The third-order valence-electron chi connectivity index (χ3n) is 2.70. The average molecular weight is 241 g/mol. The maximum absolute atomic E-state index is 13.5. The molecule has 0 radical (unpaired) electrons. The lowest BCUT2D eigenvalue weighted by atomic mass is 10.1. The Morgan fingerprint density at radius 1 is 1.41 bits per heavy atom. The van der Waals surface area contributed by atoms with Gasteiger partial charge in [-0.2, -0.15) is 0 Å². The zero-order valence-corrected chi connectivity index (χ0v) is 10.5. The van der Waals surface area contributed by atoms with Crippen LogP contribution in [0.3, 0.4) is 0 Å². The average Bonchev–Trinajstić information content (AvgIpc) is 2.30. The first kappa shape index (κ1) is 13.9. The van der Waals surface area contributed by atoms with Crippen LogP contribution in [0.5, 0.6) is 5.75 Å². The topological polar surface area (TPSA) is 41.5 Å². The van der Waals surface area contributed by atoms with Gasteiger partial charge in [0, 0.05) is 24.7 Å². The minimum atomic E-state index is -0.406. The third-order valence-corrected chi connectivity index (χ3v) is 2.70. The number of aliphatic hydroxyl groups is 1. The van der Waals surface area contributed by atoms with Gasteiger partial charge < -0.3 is 15.2 Å². The second kappa shape index (κ2) is 6.57. The summed E-state index contributed by atoms with van der Waals surface area (Å²) in [6.07, 6.45) is -0.406. The fourth-order valence-corrected chi connectivity index (χ4v) is 1.39. The van der Waals surface area contributed by atoms with Crippen molar-refractivity contribution < 1.29 is 14.2 Å². The van der Waals surface area contributed by atoms with E-state index in [-0.39, 0.29) is 11.7 Å². The van der Waals surface area contributed by atoms with Crippen LogP contribution in [-0.2, 0) is 6.54 Å². The molecule has 3 nitrogen and oxygen atoms in total. The zero-order valence-electron chi connectivity index (χ0n) is 10.5. The smallest absolute Gasteiger partial charge is 0.131 e. The Morgan fingerprint density at radius 3 is 2.65 bits per heavy atom. The molecule has 17 heavy (non-hydrogen) atoms. The van der Waals surface area contributed by atoms with Crippen molar-refractivity contribution >= 4 is 0 Å². The highest BCUT2D eigenvalue weighted by atomic mass is 19.1. The lowest BCUT2D eigenvalue weighted by Crippen LogP contribution is -2.30. The molecule has 0 amide bonds. The van der Waals surface area contributed by atoms with Gasteiger partial charge in [0.1, 0.15) is 11.6 Å². The molecule has 1 atom stereocenters. The molecule has 0 aromatic heterocycles. The van der Waals surface area contributed by atoms with Crippen LogP contribution in [0.15, 0.2) is 18.2 Å². The lowest BCUT2D eigenvalue weighted by molar-refractivity contribution is 0.123. The number of hydrogen-bond acceptors (Lipinski definition) is 3. The van der Waals surface area contributed by atoms with Crippen LogP contribution in [0, 0.1) is 11.7 Å². The van der Waals surface area contributed by atoms with Crippen molar-refractivity contribution in [1.82, 2.24) is 5.32 Å². The van der Waals surface area contributed by atoms with E-state index in [4.69, 9.17) is 4.74 Å². The summed E-state index contributed by atoms with van der Waals surface area (Å²) in [6.45, 7) is 4.75. The van der Waals surface area contributed by atoms with Crippen molar-refractivity contribution in [2.24, 2.45) is 5.92 Å². The molecule has 0 aliphatic rings. The van der Waals surface area contributed by atoms with E-state index in [0.717, 1.165) is 0 Å². The molecule has 1 aromatic rings. The molecule has 0 saturated heterocycles. The molecular weight excluding hydrogens is 221 g/mol. The largest absolute Gasteiger partial charge is 0.497 e. The van der Waals surface area contributed by atoms with Gasteiger partial charge in [-0.1, -0.05) is 19.9 Å². The fraction of sp³-hybridized carbons (Fsp3) is 0.538. The van der Waals surface area contributed by atoms with Crippen molar-refractivity contribution in [2.75, 3.05) is 13.7 Å². The van der Waals surface area contributed by atoms with Gasteiger partial charge in [-0.05, 0) is 12.0 Å². The summed E-state index contributed by atoms with van der Waals surface area (Å²) in [5.74, 6) is 0.410. The Balaban J connectivity index is 2.47. The lowest BCUT2D eigenvalue weighted by Gasteiger charge is -2.15. The summed E-state index contributed by atoms with van der Waals surface area (Å²) >= 11 is 0. The van der Waals surface area contributed by atoms with E-state index >= 15 is 0 Å². The second-order valence-electron chi connectivity index (χ2n) is 4.40. The van der Waals surface area contributed by atoms with E-state index in [1.165, 1.54) is 13.2 Å². The number of halogens is 1. The first-order valence-corrected chi connectivity index (χ1v) is 5.75. The fourth-order valence-electron chi connectivity index (χ4n) is 1.39. The van der Waals surface area contributed by atoms with Gasteiger partial charge >= 0.3 is 0 Å². The standard InChI is InChI=1S/C13H20FNO2/c1-9(2)13(16)8-15-7-10-4-5-11(17-3)6-12(10)14/h4-6,9,13,15-16H,7-8H2,1-3H3. The van der Waals surface area contributed by atoms with Crippen LogP contribution in [-0.4, -0.2) is 24.9 Å². The first-order chi connectivity index (χ1) is 8.04. The Kier molecular flexibility index (Phi) is 5.38. The van der Waals surface area contributed by atoms with Gasteiger partial charge in [0.15, 0.2) is 0 Å². The number of aliphatic hydroxyl groups excluding tert-OH is 1. The minimum Gasteiger partial charge on any atom is -0.497 e. The molecule has 1 aromatic carbocycles. The van der Waals surface area contributed by atoms with Crippen molar-refractivity contribution in [3.05, 3.63) is 29.6 Å². The molecule has 96 valence electrons. The maximum Gasteiger partial charge on any atom is 0.131 e. The number of benzene rings is 1. The Labute approximate surface area is 102 Å². The molecule has 1 rings (SSSR count). The highest BCUT2D eigenvalue weighted by Gasteiger charge is 2.09. The van der Waals surface area contributed by atoms with E-state index < -0.39 is 6.10 Å². The zero-order chi connectivity index (χ0) is 12.8. The van der Waals surface area contributed by atoms with Crippen LogP contribution in [0.25, 0.3) is 0 Å². The summed E-state index contributed by atoms with van der Waals surface area (Å²) < 4.78 is 18.5. The van der Waals surface area contributed by atoms with Gasteiger partial charge in [0.2, 0.25) is 0 Å². The number of hydrogen-bond donors (Lipinski definition) is 2. The number of ether oxygens (including phenoxy) is 1. The number of rotatable bonds is 6. The summed E-state index contributed by atoms with van der Waals surface area (Å²) in [7, 11) is 1.51. The molecule has 4 heteroatoms. The van der Waals surface area contributed by atoms with Crippen molar-refractivity contribution in [2.45, 2.75) is 26.5 Å². The normalized spacial score (nSPS) is 12.8. The molecule has 0 fully saturated rings. The number of nitrogens with one attached hydrogen (secondary N) is 1. The predicted molar refractivity (Wildman–Crippen MR) is 65.5 cm³/mol. The molecular formula is C13H20FNO2. The summed E-state index contributed by atoms with van der Waals surface area (Å²) in [6, 6.07) is 4.76. The third kappa shape index (κ3) is 4.32. The molecule has 0 bridgehead atoms. The van der Waals surface area contributed by atoms with Gasteiger partial charge in [-0.3, -0.25) is 0 Å². The minimum absolute atomic E-state index is 0.197. The van der Waals surface area contributed by atoms with Crippen LogP contribution in [0.2, 0.25) is 0 Å². The molecule has 1 unspecified atom stereocenters. The molecule has 0 spiro atoms. The summed E-state index contributed by atoms with van der Waals surface area (Å²) in [5.41, 5.74) is 0.571. The highest BCUT2D eigenvalue weighted by molar-refractivity contribution is 5.28. The van der Waals surface area contributed by atoms with Crippen LogP contribution < -0.4 is 10.1 Å². The Hall–Kier alpha value is -1.13. The molecule has 0 saturated carbocycles. The van der Waals surface area contributed by atoms with E-state index in [1.807, 2.05) is 13.8 Å². The van der Waals surface area contributed by atoms with E-state index in [9.17, 15) is 9.50 Å². The second-order valence-corrected chi connectivity index (χ2v) is 4.40. The highest BCUT2D eigenvalue weighted by Crippen LogP contribution is 2.15. The van der Waals surface area contributed by atoms with Crippen molar-refractivity contribution in [1.29, 1.82) is 0 Å². The van der Waals surface area contributed by atoms with Crippen LogP contribution in [0.4, 0.5) is 4.39 Å². The quantitative estimate of drug-likeness (QED) is 0.799. The molecule has 2 N–H and O–H groups in total. The van der Waals surface area contributed by atoms with E-state index in [2.05, 4.69) is 5.32 Å². The van der Waals surface area contributed by atoms with Crippen LogP contribution >= 0.6 is 0 Å². The summed E-state index contributed by atoms with van der Waals surface area (Å²) in [5, 5.41) is 12.6. The van der Waals surface area contributed by atoms with Gasteiger partial charge in [0.25, 0.3) is 0 Å². The van der Waals surface area contributed by atoms with Crippen molar-refractivity contribution in [3.63, 3.8) is 0 Å². The Bertz CT molecular complexity index is 355. The predicted octanol–water partition coefficient (Wildman–Crippen LogP) is 1.94.